The fraction of sp³-hybridized carbons (Fsp3) is 0.490. The summed E-state index contributed by atoms with van der Waals surface area (Å²) in [6.07, 6.45) is 13.0. The summed E-state index contributed by atoms with van der Waals surface area (Å²) in [6.45, 7) is 13.0. The van der Waals surface area contributed by atoms with E-state index in [0.717, 1.165) is 101 Å². The summed E-state index contributed by atoms with van der Waals surface area (Å²) in [6, 6.07) is 19.4. The molecule has 0 bridgehead atoms. The lowest BCUT2D eigenvalue weighted by Crippen LogP contribution is -2.58. The summed E-state index contributed by atoms with van der Waals surface area (Å²) in [7, 11) is -4.58. The molecule has 0 unspecified atom stereocenters. The number of aromatic amines is 1. The maximum absolute atomic E-state index is 14.0. The van der Waals surface area contributed by atoms with E-state index in [4.69, 9.17) is 9.47 Å². The van der Waals surface area contributed by atoms with Crippen molar-refractivity contribution in [2.24, 2.45) is 16.7 Å². The highest BCUT2D eigenvalue weighted by Crippen LogP contribution is 2.53. The number of hydrogen-bond acceptors (Lipinski definition) is 11. The van der Waals surface area contributed by atoms with Crippen LogP contribution in [-0.2, 0) is 21.2 Å². The molecule has 64 heavy (non-hydrogen) atoms. The van der Waals surface area contributed by atoms with Crippen molar-refractivity contribution >= 4 is 38.3 Å². The van der Waals surface area contributed by atoms with Gasteiger partial charge in [0.25, 0.3) is 21.6 Å². The average molecular weight is 890 g/mol. The van der Waals surface area contributed by atoms with Gasteiger partial charge in [-0.2, -0.15) is 0 Å². The van der Waals surface area contributed by atoms with Crippen LogP contribution in [-0.4, -0.2) is 78.0 Å². The number of nitrogens with one attached hydrogen (secondary N) is 2. The molecule has 338 valence electrons. The van der Waals surface area contributed by atoms with Crippen molar-refractivity contribution in [1.29, 1.82) is 0 Å². The lowest BCUT2D eigenvalue weighted by molar-refractivity contribution is -0.386. The van der Waals surface area contributed by atoms with Crippen LogP contribution in [0.1, 0.15) is 118 Å². The van der Waals surface area contributed by atoms with Crippen molar-refractivity contribution in [3.05, 3.63) is 112 Å². The van der Waals surface area contributed by atoms with E-state index in [1.165, 1.54) is 11.1 Å². The van der Waals surface area contributed by atoms with E-state index in [0.29, 0.717) is 36.4 Å². The molecule has 15 heteroatoms. The molecule has 2 aliphatic carbocycles. The Kier molecular flexibility index (Phi) is 12.0. The number of nitro groups is 1. The predicted octanol–water partition coefficient (Wildman–Crippen LogP) is 9.48. The number of fused-ring (bicyclic) bond motifs is 1. The zero-order valence-corrected chi connectivity index (χ0v) is 38.0. The highest BCUT2D eigenvalue weighted by atomic mass is 32.2. The molecule has 3 aromatic heterocycles. The fourth-order valence-electron chi connectivity index (χ4n) is 10.7. The molecule has 9 rings (SSSR count). The third-order valence-corrected chi connectivity index (χ3v) is 15.9. The van der Waals surface area contributed by atoms with E-state index in [2.05, 4.69) is 81.4 Å². The van der Waals surface area contributed by atoms with Gasteiger partial charge in [0.2, 0.25) is 0 Å². The molecule has 4 fully saturated rings. The first-order valence-electron chi connectivity index (χ1n) is 22.8. The van der Waals surface area contributed by atoms with Crippen LogP contribution in [0.5, 0.6) is 11.5 Å². The molecule has 2 aliphatic heterocycles. The van der Waals surface area contributed by atoms with Gasteiger partial charge in [0, 0.05) is 61.3 Å². The molecular formula is C49H59N7O7S. The molecule has 0 radical (unpaired) electrons. The SMILES string of the molecule is CC(C)c1ccccc1[C@@H]1COCCN1C1CC2(CCN(c3ccc(C(=O)NS(=O)(=O)c4cnc(CC5CCC(C)(C)CC5)c([N+](=O)[O-])c4)c(Oc4cnc5[nH]ccc5c4)c3)CC2)C1. The van der Waals surface area contributed by atoms with E-state index in [1.54, 1.807) is 30.6 Å². The molecule has 1 atom stereocenters. The molecule has 1 spiro atoms. The average Bonchev–Trinajstić information content (AvgIpc) is 3.74. The Morgan fingerprint density at radius 3 is 2.52 bits per heavy atom. The summed E-state index contributed by atoms with van der Waals surface area (Å²) >= 11 is 0. The molecular weight excluding hydrogens is 831 g/mol. The second kappa shape index (κ2) is 17.5. The number of pyridine rings is 2. The third kappa shape index (κ3) is 9.12. The minimum absolute atomic E-state index is 0.0183. The normalized spacial score (nSPS) is 20.6. The van der Waals surface area contributed by atoms with Crippen LogP contribution in [0.15, 0.2) is 84.1 Å². The number of H-pyrrole nitrogens is 1. The Hall–Kier alpha value is -5.38. The van der Waals surface area contributed by atoms with Gasteiger partial charge in [-0.25, -0.2) is 18.1 Å². The van der Waals surface area contributed by atoms with Crippen LogP contribution in [0.4, 0.5) is 11.4 Å². The van der Waals surface area contributed by atoms with Crippen LogP contribution in [0.25, 0.3) is 11.0 Å². The van der Waals surface area contributed by atoms with Gasteiger partial charge in [-0.3, -0.25) is 24.8 Å². The summed E-state index contributed by atoms with van der Waals surface area (Å²) in [5.41, 5.74) is 4.65. The van der Waals surface area contributed by atoms with E-state index in [-0.39, 0.29) is 45.5 Å². The molecule has 2 saturated heterocycles. The molecule has 2 saturated carbocycles. The lowest BCUT2D eigenvalue weighted by atomic mass is 9.59. The van der Waals surface area contributed by atoms with Crippen LogP contribution >= 0.6 is 0 Å². The van der Waals surface area contributed by atoms with Crippen LogP contribution < -0.4 is 14.4 Å². The molecule has 2 N–H and O–H groups in total. The van der Waals surface area contributed by atoms with Crippen LogP contribution in [0, 0.1) is 26.9 Å². The van der Waals surface area contributed by atoms with Gasteiger partial charge in [-0.15, -0.1) is 0 Å². The number of nitrogens with zero attached hydrogens (tertiary/aromatic N) is 5. The summed E-state index contributed by atoms with van der Waals surface area (Å²) in [5, 5.41) is 13.0. The number of morpholine rings is 1. The van der Waals surface area contributed by atoms with Gasteiger partial charge in [0.05, 0.1) is 35.9 Å². The van der Waals surface area contributed by atoms with E-state index in [1.807, 2.05) is 12.1 Å². The number of carbonyl (C=O) groups is 1. The number of ether oxygens (including phenoxy) is 2. The van der Waals surface area contributed by atoms with Gasteiger partial charge in [0.1, 0.15) is 27.7 Å². The zero-order valence-electron chi connectivity index (χ0n) is 37.2. The summed E-state index contributed by atoms with van der Waals surface area (Å²) < 4.78 is 42.0. The molecule has 4 aliphatic rings. The van der Waals surface area contributed by atoms with Crippen molar-refractivity contribution < 1.29 is 27.6 Å². The van der Waals surface area contributed by atoms with Crippen molar-refractivity contribution in [1.82, 2.24) is 24.6 Å². The molecule has 14 nitrogen and oxygen atoms in total. The number of benzene rings is 2. The number of amides is 1. The highest BCUT2D eigenvalue weighted by molar-refractivity contribution is 7.90. The highest BCUT2D eigenvalue weighted by Gasteiger charge is 2.50. The number of sulfonamides is 1. The number of rotatable bonds is 12. The van der Waals surface area contributed by atoms with Crippen molar-refractivity contribution in [3.63, 3.8) is 0 Å². The second-order valence-electron chi connectivity index (χ2n) is 19.7. The number of hydrogen-bond donors (Lipinski definition) is 2. The Bertz CT molecular complexity index is 2640. The number of carbonyl (C=O) groups excluding carboxylic acids is 1. The molecule has 5 aromatic rings. The quantitative estimate of drug-likeness (QED) is 0.0903. The Morgan fingerprint density at radius 2 is 1.77 bits per heavy atom. The minimum Gasteiger partial charge on any atom is -0.455 e. The monoisotopic (exact) mass is 889 g/mol. The Labute approximate surface area is 375 Å². The number of anilines is 1. The number of piperidine rings is 1. The summed E-state index contributed by atoms with van der Waals surface area (Å²) in [4.78, 5) is 41.9. The lowest BCUT2D eigenvalue weighted by Gasteiger charge is -2.57. The van der Waals surface area contributed by atoms with Crippen LogP contribution in [0.3, 0.4) is 0 Å². The van der Waals surface area contributed by atoms with Crippen molar-refractivity contribution in [3.8, 4) is 11.5 Å². The van der Waals surface area contributed by atoms with Gasteiger partial charge in [-0.1, -0.05) is 52.0 Å². The maximum Gasteiger partial charge on any atom is 0.292 e. The topological polar surface area (TPSA) is 173 Å². The van der Waals surface area contributed by atoms with E-state index < -0.39 is 25.7 Å². The second-order valence-corrected chi connectivity index (χ2v) is 21.4. The third-order valence-electron chi connectivity index (χ3n) is 14.6. The summed E-state index contributed by atoms with van der Waals surface area (Å²) in [5.74, 6) is 0.244. The first-order valence-corrected chi connectivity index (χ1v) is 24.3. The van der Waals surface area contributed by atoms with Gasteiger partial charge in [0.15, 0.2) is 0 Å². The standard InChI is InChI=1S/C49H59N7O7S/c1-32(2)39-7-5-6-8-40(39)44-31-62-22-21-55(44)36-27-49(28-36)16-19-54(20-17-49)35-9-10-41(45(25-35)63-37-24-34-13-18-50-46(34)52-29-37)47(57)53-64(60,61)38-26-43(56(58)59)42(51-30-38)23-33-11-14-48(3,4)15-12-33/h5-10,13,18,24-26,29-30,32-33,36,44H,11-12,14-17,19-23,27-28,31H2,1-4H3,(H,50,52)(H,53,57)/t44-/m0/s1. The van der Waals surface area contributed by atoms with Gasteiger partial charge >= 0.3 is 0 Å². The molecule has 5 heterocycles. The van der Waals surface area contributed by atoms with Crippen molar-refractivity contribution in [2.45, 2.75) is 108 Å². The first kappa shape index (κ1) is 43.9. The fourth-order valence-corrected chi connectivity index (χ4v) is 11.6. The van der Waals surface area contributed by atoms with Gasteiger partial charge < -0.3 is 19.4 Å². The van der Waals surface area contributed by atoms with Crippen molar-refractivity contribution in [2.75, 3.05) is 37.7 Å². The Balaban J connectivity index is 0.908. The van der Waals surface area contributed by atoms with E-state index >= 15 is 0 Å². The first-order chi connectivity index (χ1) is 30.7. The Morgan fingerprint density at radius 1 is 1.00 bits per heavy atom. The zero-order chi connectivity index (χ0) is 44.8. The molecule has 2 aromatic carbocycles. The predicted molar refractivity (Wildman–Crippen MR) is 245 cm³/mol. The number of aromatic nitrogens is 3. The van der Waals surface area contributed by atoms with E-state index in [9.17, 15) is 23.3 Å². The van der Waals surface area contributed by atoms with Gasteiger partial charge in [-0.05, 0) is 116 Å². The minimum atomic E-state index is -4.58. The largest absolute Gasteiger partial charge is 0.455 e. The maximum atomic E-state index is 14.0. The molecule has 1 amide bonds. The van der Waals surface area contributed by atoms with Crippen LogP contribution in [0.2, 0.25) is 0 Å². The smallest absolute Gasteiger partial charge is 0.292 e.